The van der Waals surface area contributed by atoms with E-state index in [-0.39, 0.29) is 0 Å². The fraction of sp³-hybridized carbons (Fsp3) is 0.538. The topological polar surface area (TPSA) is 58.4 Å². The first-order valence-corrected chi connectivity index (χ1v) is 6.46. The molecule has 0 aliphatic carbocycles. The Bertz CT molecular complexity index is 459. The first kappa shape index (κ1) is 13.7. The molecule has 1 saturated heterocycles. The standard InChI is InChI=1S/C13H18FN3O2/c1-15-9-10-5-7-16(8-6-10)12-4-2-3-11(14)13(12)17(18)19/h2-4,10,15H,5-9H2,1H3. The molecule has 0 saturated carbocycles. The van der Waals surface area contributed by atoms with E-state index in [1.807, 2.05) is 11.9 Å². The molecule has 1 aromatic carbocycles. The van der Waals surface area contributed by atoms with Crippen molar-refractivity contribution in [3.05, 3.63) is 34.1 Å². The van der Waals surface area contributed by atoms with Gasteiger partial charge in [0.15, 0.2) is 0 Å². The van der Waals surface area contributed by atoms with E-state index in [1.165, 1.54) is 6.07 Å². The van der Waals surface area contributed by atoms with Crippen LogP contribution in [-0.2, 0) is 0 Å². The van der Waals surface area contributed by atoms with Crippen molar-refractivity contribution in [1.29, 1.82) is 0 Å². The summed E-state index contributed by atoms with van der Waals surface area (Å²) in [5.41, 5.74) is -0.0116. The first-order valence-electron chi connectivity index (χ1n) is 6.46. The van der Waals surface area contributed by atoms with Crippen LogP contribution in [0.5, 0.6) is 0 Å². The van der Waals surface area contributed by atoms with Crippen LogP contribution in [0.3, 0.4) is 0 Å². The van der Waals surface area contributed by atoms with Crippen LogP contribution in [0.2, 0.25) is 0 Å². The van der Waals surface area contributed by atoms with Crippen molar-refractivity contribution in [1.82, 2.24) is 5.32 Å². The van der Waals surface area contributed by atoms with E-state index in [9.17, 15) is 14.5 Å². The maximum absolute atomic E-state index is 13.6. The van der Waals surface area contributed by atoms with Crippen LogP contribution in [0, 0.1) is 21.8 Å². The third-order valence-electron chi connectivity index (χ3n) is 3.60. The predicted octanol–water partition coefficient (Wildman–Crippen LogP) is 2.17. The molecule has 1 aromatic rings. The number of rotatable bonds is 4. The number of piperidine rings is 1. The van der Waals surface area contributed by atoms with Gasteiger partial charge in [-0.15, -0.1) is 0 Å². The molecule has 1 aliphatic heterocycles. The summed E-state index contributed by atoms with van der Waals surface area (Å²) in [6.45, 7) is 2.42. The van der Waals surface area contributed by atoms with E-state index in [4.69, 9.17) is 0 Å². The van der Waals surface area contributed by atoms with Gasteiger partial charge in [0.05, 0.1) is 4.92 Å². The molecular weight excluding hydrogens is 249 g/mol. The van der Waals surface area contributed by atoms with E-state index in [0.29, 0.717) is 11.6 Å². The van der Waals surface area contributed by atoms with E-state index >= 15 is 0 Å². The molecule has 6 heteroatoms. The van der Waals surface area contributed by atoms with Gasteiger partial charge in [-0.25, -0.2) is 0 Å². The SMILES string of the molecule is CNCC1CCN(c2cccc(F)c2[N+](=O)[O-])CC1. The Morgan fingerprint density at radius 2 is 2.16 bits per heavy atom. The Morgan fingerprint density at radius 3 is 2.74 bits per heavy atom. The highest BCUT2D eigenvalue weighted by molar-refractivity contribution is 5.64. The van der Waals surface area contributed by atoms with Crippen molar-refractivity contribution in [2.45, 2.75) is 12.8 Å². The van der Waals surface area contributed by atoms with Crippen molar-refractivity contribution in [3.8, 4) is 0 Å². The monoisotopic (exact) mass is 267 g/mol. The highest BCUT2D eigenvalue weighted by Crippen LogP contribution is 2.33. The predicted molar refractivity (Wildman–Crippen MR) is 71.9 cm³/mol. The molecule has 1 heterocycles. The van der Waals surface area contributed by atoms with Crippen molar-refractivity contribution < 1.29 is 9.31 Å². The van der Waals surface area contributed by atoms with E-state index in [0.717, 1.165) is 38.5 Å². The summed E-state index contributed by atoms with van der Waals surface area (Å²) < 4.78 is 13.6. The van der Waals surface area contributed by atoms with Gasteiger partial charge in [0, 0.05) is 13.1 Å². The summed E-state index contributed by atoms with van der Waals surface area (Å²) >= 11 is 0. The Kier molecular flexibility index (Phi) is 4.31. The molecule has 1 fully saturated rings. The second-order valence-corrected chi connectivity index (χ2v) is 4.85. The van der Waals surface area contributed by atoms with Gasteiger partial charge < -0.3 is 10.2 Å². The number of benzene rings is 1. The number of nitrogens with one attached hydrogen (secondary N) is 1. The molecule has 0 bridgehead atoms. The van der Waals surface area contributed by atoms with Crippen LogP contribution in [-0.4, -0.2) is 31.6 Å². The third kappa shape index (κ3) is 3.01. The van der Waals surface area contributed by atoms with Crippen molar-refractivity contribution in [3.63, 3.8) is 0 Å². The van der Waals surface area contributed by atoms with Gasteiger partial charge in [0.1, 0.15) is 5.69 Å². The largest absolute Gasteiger partial charge is 0.366 e. The van der Waals surface area contributed by atoms with Gasteiger partial charge in [0.25, 0.3) is 0 Å². The molecular formula is C13H18FN3O2. The van der Waals surface area contributed by atoms with E-state index in [1.54, 1.807) is 6.07 Å². The van der Waals surface area contributed by atoms with Gasteiger partial charge in [-0.1, -0.05) is 6.07 Å². The second kappa shape index (κ2) is 5.97. The molecule has 0 spiro atoms. The number of para-hydroxylation sites is 1. The fourth-order valence-electron chi connectivity index (χ4n) is 2.61. The molecule has 19 heavy (non-hydrogen) atoms. The van der Waals surface area contributed by atoms with Crippen LogP contribution in [0.25, 0.3) is 0 Å². The van der Waals surface area contributed by atoms with Crippen LogP contribution in [0.4, 0.5) is 15.8 Å². The molecule has 0 amide bonds. The maximum Gasteiger partial charge on any atom is 0.327 e. The van der Waals surface area contributed by atoms with Crippen LogP contribution in [0.15, 0.2) is 18.2 Å². The zero-order valence-corrected chi connectivity index (χ0v) is 10.9. The summed E-state index contributed by atoms with van der Waals surface area (Å²) in [4.78, 5) is 12.3. The summed E-state index contributed by atoms with van der Waals surface area (Å²) in [6.07, 6.45) is 1.93. The zero-order valence-electron chi connectivity index (χ0n) is 10.9. The van der Waals surface area contributed by atoms with Crippen LogP contribution in [0.1, 0.15) is 12.8 Å². The molecule has 0 aromatic heterocycles. The molecule has 0 radical (unpaired) electrons. The first-order chi connectivity index (χ1) is 9.13. The maximum atomic E-state index is 13.6. The van der Waals surface area contributed by atoms with Crippen molar-refractivity contribution >= 4 is 11.4 Å². The number of hydrogen-bond acceptors (Lipinski definition) is 4. The van der Waals surface area contributed by atoms with Gasteiger partial charge in [-0.2, -0.15) is 4.39 Å². The molecule has 1 aliphatic rings. The van der Waals surface area contributed by atoms with Gasteiger partial charge in [-0.05, 0) is 44.5 Å². The van der Waals surface area contributed by atoms with Crippen molar-refractivity contribution in [2.24, 2.45) is 5.92 Å². The molecule has 5 nitrogen and oxygen atoms in total. The number of hydrogen-bond donors (Lipinski definition) is 1. The average molecular weight is 267 g/mol. The minimum Gasteiger partial charge on any atom is -0.366 e. The molecule has 0 unspecified atom stereocenters. The number of nitrogens with zero attached hydrogens (tertiary/aromatic N) is 2. The lowest BCUT2D eigenvalue weighted by Crippen LogP contribution is -2.37. The summed E-state index contributed by atoms with van der Waals surface area (Å²) in [5, 5.41) is 14.1. The lowest BCUT2D eigenvalue weighted by atomic mass is 9.96. The summed E-state index contributed by atoms with van der Waals surface area (Å²) in [6, 6.07) is 4.28. The van der Waals surface area contributed by atoms with Gasteiger partial charge in [-0.3, -0.25) is 10.1 Å². The molecule has 104 valence electrons. The quantitative estimate of drug-likeness (QED) is 0.671. The van der Waals surface area contributed by atoms with E-state index in [2.05, 4.69) is 5.32 Å². The highest BCUT2D eigenvalue weighted by Gasteiger charge is 2.27. The number of halogens is 1. The summed E-state index contributed by atoms with van der Waals surface area (Å²) in [5.74, 6) is -0.172. The second-order valence-electron chi connectivity index (χ2n) is 4.85. The smallest absolute Gasteiger partial charge is 0.327 e. The van der Waals surface area contributed by atoms with Gasteiger partial charge >= 0.3 is 5.69 Å². The Balaban J connectivity index is 2.15. The third-order valence-corrected chi connectivity index (χ3v) is 3.60. The minimum absolute atomic E-state index is 0.396. The normalized spacial score (nSPS) is 16.6. The Labute approximate surface area is 111 Å². The lowest BCUT2D eigenvalue weighted by Gasteiger charge is -2.33. The average Bonchev–Trinajstić information content (AvgIpc) is 2.39. The number of anilines is 1. The van der Waals surface area contributed by atoms with Crippen LogP contribution < -0.4 is 10.2 Å². The number of nitro groups is 1. The summed E-state index contributed by atoms with van der Waals surface area (Å²) in [7, 11) is 1.92. The minimum atomic E-state index is -0.764. The zero-order chi connectivity index (χ0) is 13.8. The molecule has 0 atom stereocenters. The number of nitro benzene ring substituents is 1. The Hall–Kier alpha value is -1.69. The van der Waals surface area contributed by atoms with Crippen molar-refractivity contribution in [2.75, 3.05) is 31.6 Å². The van der Waals surface area contributed by atoms with E-state index < -0.39 is 16.4 Å². The fourth-order valence-corrected chi connectivity index (χ4v) is 2.61. The molecule has 2 rings (SSSR count). The highest BCUT2D eigenvalue weighted by atomic mass is 19.1. The lowest BCUT2D eigenvalue weighted by molar-refractivity contribution is -0.386. The van der Waals surface area contributed by atoms with Gasteiger partial charge in [0.2, 0.25) is 5.82 Å². The Morgan fingerprint density at radius 1 is 1.47 bits per heavy atom. The van der Waals surface area contributed by atoms with Crippen LogP contribution >= 0.6 is 0 Å². The molecule has 1 N–H and O–H groups in total.